The van der Waals surface area contributed by atoms with Crippen LogP contribution in [-0.2, 0) is 33.7 Å². The van der Waals surface area contributed by atoms with Gasteiger partial charge in [-0.3, -0.25) is 0 Å². The highest BCUT2D eigenvalue weighted by Gasteiger charge is 2.23. The average molecular weight is 462 g/mol. The molecule has 34 heavy (non-hydrogen) atoms. The molecule has 0 aromatic heterocycles. The van der Waals surface area contributed by atoms with Gasteiger partial charge in [0, 0.05) is 6.42 Å². The Hall–Kier alpha value is -3.47. The van der Waals surface area contributed by atoms with Crippen molar-refractivity contribution in [2.24, 2.45) is 4.99 Å². The van der Waals surface area contributed by atoms with Crippen molar-refractivity contribution in [3.8, 4) is 0 Å². The highest BCUT2D eigenvalue weighted by molar-refractivity contribution is 6.22. The lowest BCUT2D eigenvalue weighted by atomic mass is 9.91. The second-order valence-corrected chi connectivity index (χ2v) is 8.04. The number of aliphatic imine (C=N–C) groups is 1. The van der Waals surface area contributed by atoms with E-state index in [4.69, 9.17) is 9.47 Å². The molecule has 0 aliphatic rings. The Labute approximate surface area is 203 Å². The van der Waals surface area contributed by atoms with Crippen LogP contribution in [0.4, 0.5) is 4.79 Å². The summed E-state index contributed by atoms with van der Waals surface area (Å²) in [7, 11) is 0. The molecule has 5 nitrogen and oxygen atoms in total. The second-order valence-electron chi connectivity index (χ2n) is 8.04. The van der Waals surface area contributed by atoms with E-state index in [-0.39, 0.29) is 13.2 Å². The molecule has 0 saturated heterocycles. The van der Waals surface area contributed by atoms with E-state index >= 15 is 0 Å². The number of esters is 1. The van der Waals surface area contributed by atoms with Crippen molar-refractivity contribution in [3.05, 3.63) is 88.0 Å². The third-order valence-corrected chi connectivity index (χ3v) is 5.71. The van der Waals surface area contributed by atoms with Crippen LogP contribution in [0.15, 0.2) is 65.2 Å². The molecule has 180 valence electrons. The highest BCUT2D eigenvalue weighted by atomic mass is 16.5. The van der Waals surface area contributed by atoms with Gasteiger partial charge in [-0.15, -0.1) is 0 Å². The number of hydrogen-bond acceptors (Lipinski definition) is 4. The van der Waals surface area contributed by atoms with Crippen LogP contribution in [0.1, 0.15) is 61.9 Å². The summed E-state index contributed by atoms with van der Waals surface area (Å²) >= 11 is 0. The van der Waals surface area contributed by atoms with Crippen LogP contribution < -0.4 is 0 Å². The van der Waals surface area contributed by atoms with Crippen LogP contribution in [-0.4, -0.2) is 24.4 Å². The Morgan fingerprint density at radius 3 is 2.32 bits per heavy atom. The Morgan fingerprint density at radius 1 is 1.03 bits per heavy atom. The third kappa shape index (κ3) is 7.27. The fourth-order valence-corrected chi connectivity index (χ4v) is 3.66. The summed E-state index contributed by atoms with van der Waals surface area (Å²) in [5.74, 6) is -0.479. The fraction of sp³-hybridized carbons (Fsp3) is 0.345. The molecule has 2 rings (SSSR count). The van der Waals surface area contributed by atoms with Crippen LogP contribution in [0.25, 0.3) is 6.08 Å². The van der Waals surface area contributed by atoms with E-state index in [9.17, 15) is 9.59 Å². The Kier molecular flexibility index (Phi) is 10.5. The Balaban J connectivity index is 2.50. The number of benzene rings is 2. The maximum atomic E-state index is 12.9. The van der Waals surface area contributed by atoms with E-state index < -0.39 is 12.1 Å². The fourth-order valence-electron chi connectivity index (χ4n) is 3.66. The van der Waals surface area contributed by atoms with Crippen molar-refractivity contribution in [1.82, 2.24) is 0 Å². The van der Waals surface area contributed by atoms with Gasteiger partial charge in [0.05, 0.1) is 17.9 Å². The predicted molar refractivity (Wildman–Crippen MR) is 138 cm³/mol. The van der Waals surface area contributed by atoms with Crippen molar-refractivity contribution < 1.29 is 19.1 Å². The summed E-state index contributed by atoms with van der Waals surface area (Å²) < 4.78 is 10.7. The molecule has 5 heteroatoms. The minimum atomic E-state index is -0.736. The van der Waals surface area contributed by atoms with Crippen molar-refractivity contribution >= 4 is 23.9 Å². The van der Waals surface area contributed by atoms with Gasteiger partial charge >= 0.3 is 12.1 Å². The maximum absolute atomic E-state index is 12.9. The molecule has 2 aromatic rings. The topological polar surface area (TPSA) is 65.0 Å². The molecule has 0 N–H and O–H groups in total. The number of nitrogens with zero attached hydrogens (tertiary/aromatic N) is 1. The number of carbonyl (C=O) groups is 2. The zero-order chi connectivity index (χ0) is 25.1. The molecule has 2 aromatic carbocycles. The molecule has 0 aliphatic carbocycles. The van der Waals surface area contributed by atoms with Gasteiger partial charge in [-0.25, -0.2) is 9.59 Å². The van der Waals surface area contributed by atoms with E-state index in [2.05, 4.69) is 30.6 Å². The van der Waals surface area contributed by atoms with Gasteiger partial charge in [-0.2, -0.15) is 4.99 Å². The Morgan fingerprint density at radius 2 is 1.74 bits per heavy atom. The first-order valence-corrected chi connectivity index (χ1v) is 11.7. The third-order valence-electron chi connectivity index (χ3n) is 5.71. The molecule has 0 fully saturated rings. The smallest absolute Gasteiger partial charge is 0.434 e. The van der Waals surface area contributed by atoms with E-state index in [1.54, 1.807) is 6.92 Å². The number of amides is 1. The van der Waals surface area contributed by atoms with Crippen LogP contribution in [0.5, 0.6) is 0 Å². The summed E-state index contributed by atoms with van der Waals surface area (Å²) in [6.07, 6.45) is 2.88. The standard InChI is InChI=1S/C29H35NO4/c1-7-20(5)27(28(31)33-10-4)26(30-29(32)34-19-22-14-12-11-13-15-22)18-25-17-24(9-3)23(8-2)16-21(25)6/h8,11-17H,2,7,9-10,18-19H2,1,3-6H3. The molecule has 0 heterocycles. The number of allylic oxidation sites excluding steroid dienone is 1. The summed E-state index contributed by atoms with van der Waals surface area (Å²) in [5.41, 5.74) is 6.62. The van der Waals surface area contributed by atoms with Gasteiger partial charge in [0.25, 0.3) is 0 Å². The summed E-state index contributed by atoms with van der Waals surface area (Å²) in [5, 5.41) is 0. The van der Waals surface area contributed by atoms with E-state index in [1.165, 1.54) is 0 Å². The van der Waals surface area contributed by atoms with Crippen LogP contribution in [0.3, 0.4) is 0 Å². The van der Waals surface area contributed by atoms with Gasteiger partial charge < -0.3 is 9.47 Å². The zero-order valence-electron chi connectivity index (χ0n) is 20.9. The summed E-state index contributed by atoms with van der Waals surface area (Å²) in [4.78, 5) is 29.9. The van der Waals surface area contributed by atoms with Crippen molar-refractivity contribution in [1.29, 1.82) is 0 Å². The molecule has 0 bridgehead atoms. The minimum absolute atomic E-state index is 0.106. The van der Waals surface area contributed by atoms with Crippen molar-refractivity contribution in [3.63, 3.8) is 0 Å². The summed E-state index contributed by atoms with van der Waals surface area (Å²) in [6.45, 7) is 13.9. The van der Waals surface area contributed by atoms with Crippen molar-refractivity contribution in [2.45, 2.75) is 60.5 Å². The number of carbonyl (C=O) groups excluding carboxylic acids is 2. The van der Waals surface area contributed by atoms with Gasteiger partial charge in [0.15, 0.2) is 0 Å². The number of ether oxygens (including phenoxy) is 2. The van der Waals surface area contributed by atoms with Crippen LogP contribution in [0.2, 0.25) is 0 Å². The first-order chi connectivity index (χ1) is 16.3. The molecular formula is C29H35NO4. The molecule has 0 radical (unpaired) electrons. The SMILES string of the molecule is C=Cc1cc(C)c(CC(=NC(=O)OCc2ccccc2)C(C(=O)OCC)=C(C)CC)cc1CC. The molecule has 0 spiro atoms. The predicted octanol–water partition coefficient (Wildman–Crippen LogP) is 6.81. The Bertz CT molecular complexity index is 1080. The highest BCUT2D eigenvalue weighted by Crippen LogP contribution is 2.23. The largest absolute Gasteiger partial charge is 0.462 e. The molecule has 0 atom stereocenters. The van der Waals surface area contributed by atoms with Crippen molar-refractivity contribution in [2.75, 3.05) is 6.61 Å². The lowest BCUT2D eigenvalue weighted by molar-refractivity contribution is -0.137. The van der Waals surface area contributed by atoms with Gasteiger partial charge in [-0.05, 0) is 61.4 Å². The van der Waals surface area contributed by atoms with E-state index in [0.717, 1.165) is 39.8 Å². The molecular weight excluding hydrogens is 426 g/mol. The molecule has 0 unspecified atom stereocenters. The number of aryl methyl sites for hydroxylation is 2. The molecule has 1 amide bonds. The maximum Gasteiger partial charge on any atom is 0.434 e. The monoisotopic (exact) mass is 461 g/mol. The summed E-state index contributed by atoms with van der Waals surface area (Å²) in [6, 6.07) is 13.6. The quantitative estimate of drug-likeness (QED) is 0.221. The number of rotatable bonds is 10. The van der Waals surface area contributed by atoms with Gasteiger partial charge in [-0.1, -0.05) is 74.5 Å². The first-order valence-electron chi connectivity index (χ1n) is 11.7. The number of hydrogen-bond donors (Lipinski definition) is 0. The van der Waals surface area contributed by atoms with Crippen LogP contribution >= 0.6 is 0 Å². The van der Waals surface area contributed by atoms with Crippen LogP contribution in [0, 0.1) is 6.92 Å². The molecule has 0 saturated carbocycles. The normalized spacial score (nSPS) is 12.1. The van der Waals surface area contributed by atoms with Gasteiger partial charge in [0.1, 0.15) is 6.61 Å². The lowest BCUT2D eigenvalue weighted by Gasteiger charge is -2.16. The lowest BCUT2D eigenvalue weighted by Crippen LogP contribution is -2.22. The van der Waals surface area contributed by atoms with E-state index in [1.807, 2.05) is 57.2 Å². The first kappa shape index (κ1) is 26.8. The second kappa shape index (κ2) is 13.3. The molecule has 0 aliphatic heterocycles. The van der Waals surface area contributed by atoms with Gasteiger partial charge in [0.2, 0.25) is 0 Å². The minimum Gasteiger partial charge on any atom is -0.462 e. The average Bonchev–Trinajstić information content (AvgIpc) is 2.84. The zero-order valence-corrected chi connectivity index (χ0v) is 20.9. The van der Waals surface area contributed by atoms with E-state index in [0.29, 0.717) is 24.1 Å².